The minimum Gasteiger partial charge on any atom is -0.351 e. The van der Waals surface area contributed by atoms with Gasteiger partial charge >= 0.3 is 0 Å². The fourth-order valence-electron chi connectivity index (χ4n) is 3.95. The molecule has 3 heterocycles. The second kappa shape index (κ2) is 8.15. The standard InChI is InChI=1S/C20H21FN6O3/c21-15-8-16(24-11-23-15)26(7-6-22)9-12-2-1-3-13-10-27(20(30)18(12)13)14-4-5-17(28)25-19(14)29/h1-3,8,11,14H,4-7,9-10,22H2,(H,25,28,29). The minimum absolute atomic E-state index is 0.201. The fraction of sp³-hybridized carbons (Fsp3) is 0.350. The van der Waals surface area contributed by atoms with Gasteiger partial charge in [-0.2, -0.15) is 4.39 Å². The van der Waals surface area contributed by atoms with Crippen molar-refractivity contribution in [1.29, 1.82) is 0 Å². The number of hydrogen-bond donors (Lipinski definition) is 2. The lowest BCUT2D eigenvalue weighted by Gasteiger charge is -2.29. The van der Waals surface area contributed by atoms with Gasteiger partial charge in [0.25, 0.3) is 5.91 Å². The predicted molar refractivity (Wildman–Crippen MR) is 105 cm³/mol. The molecule has 4 rings (SSSR count). The molecule has 1 atom stereocenters. The highest BCUT2D eigenvalue weighted by molar-refractivity contribution is 6.06. The van der Waals surface area contributed by atoms with Crippen LogP contribution in [0.4, 0.5) is 10.2 Å². The van der Waals surface area contributed by atoms with Gasteiger partial charge in [-0.3, -0.25) is 19.7 Å². The summed E-state index contributed by atoms with van der Waals surface area (Å²) in [5.74, 6) is -1.30. The van der Waals surface area contributed by atoms with Gasteiger partial charge in [0.2, 0.25) is 17.8 Å². The Morgan fingerprint density at radius 3 is 2.83 bits per heavy atom. The molecule has 2 aromatic rings. The Bertz CT molecular complexity index is 1010. The molecule has 0 aliphatic carbocycles. The molecule has 1 aromatic carbocycles. The first-order valence-corrected chi connectivity index (χ1v) is 9.66. The van der Waals surface area contributed by atoms with Crippen LogP contribution in [0.3, 0.4) is 0 Å². The Balaban J connectivity index is 1.61. The Hall–Kier alpha value is -3.40. The third-order valence-corrected chi connectivity index (χ3v) is 5.34. The van der Waals surface area contributed by atoms with E-state index in [1.807, 2.05) is 18.2 Å². The SMILES string of the molecule is NCCN(Cc1cccc2c1C(=O)N(C1CCC(=O)NC1=O)C2)c1cc(F)ncn1. The largest absolute Gasteiger partial charge is 0.351 e. The quantitative estimate of drug-likeness (QED) is 0.518. The summed E-state index contributed by atoms with van der Waals surface area (Å²) in [5, 5.41) is 2.30. The summed E-state index contributed by atoms with van der Waals surface area (Å²) in [4.78, 5) is 47.8. The normalized spacial score (nSPS) is 18.4. The highest BCUT2D eigenvalue weighted by Gasteiger charge is 2.40. The number of aromatic nitrogens is 2. The maximum atomic E-state index is 13.6. The molecule has 3 amide bonds. The number of carbonyl (C=O) groups excluding carboxylic acids is 3. The Morgan fingerprint density at radius 2 is 2.10 bits per heavy atom. The van der Waals surface area contributed by atoms with Crippen molar-refractivity contribution >= 4 is 23.5 Å². The molecule has 0 spiro atoms. The van der Waals surface area contributed by atoms with E-state index in [9.17, 15) is 18.8 Å². The monoisotopic (exact) mass is 412 g/mol. The molecule has 1 aromatic heterocycles. The predicted octanol–water partition coefficient (Wildman–Crippen LogP) is 0.342. The molecule has 156 valence electrons. The van der Waals surface area contributed by atoms with Crippen molar-refractivity contribution in [2.75, 3.05) is 18.0 Å². The maximum absolute atomic E-state index is 13.6. The highest BCUT2D eigenvalue weighted by atomic mass is 19.1. The van der Waals surface area contributed by atoms with Crippen molar-refractivity contribution in [3.8, 4) is 0 Å². The number of amides is 3. The molecule has 2 aliphatic heterocycles. The average molecular weight is 412 g/mol. The van der Waals surface area contributed by atoms with E-state index in [2.05, 4.69) is 15.3 Å². The van der Waals surface area contributed by atoms with Crippen LogP contribution in [0, 0.1) is 5.95 Å². The summed E-state index contributed by atoms with van der Waals surface area (Å²) in [5.41, 5.74) is 7.79. The third-order valence-electron chi connectivity index (χ3n) is 5.34. The van der Waals surface area contributed by atoms with Crippen molar-refractivity contribution < 1.29 is 18.8 Å². The molecule has 30 heavy (non-hydrogen) atoms. The van der Waals surface area contributed by atoms with Crippen LogP contribution in [0.25, 0.3) is 0 Å². The van der Waals surface area contributed by atoms with Crippen molar-refractivity contribution in [3.63, 3.8) is 0 Å². The zero-order chi connectivity index (χ0) is 21.3. The van der Waals surface area contributed by atoms with Crippen LogP contribution in [0.2, 0.25) is 0 Å². The number of nitrogens with two attached hydrogens (primary N) is 1. The number of hydrogen-bond acceptors (Lipinski definition) is 7. The number of nitrogens with one attached hydrogen (secondary N) is 1. The second-order valence-corrected chi connectivity index (χ2v) is 7.26. The summed E-state index contributed by atoms with van der Waals surface area (Å²) >= 11 is 0. The van der Waals surface area contributed by atoms with Gasteiger partial charge in [-0.15, -0.1) is 0 Å². The molecule has 1 saturated heterocycles. The van der Waals surface area contributed by atoms with Crippen LogP contribution in [0.5, 0.6) is 0 Å². The van der Waals surface area contributed by atoms with Crippen molar-refractivity contribution in [3.05, 3.63) is 53.2 Å². The summed E-state index contributed by atoms with van der Waals surface area (Å²) in [6, 6.07) is 6.06. The topological polar surface area (TPSA) is 122 Å². The molecule has 3 N–H and O–H groups in total. The molecule has 0 radical (unpaired) electrons. The molecule has 2 aliphatic rings. The van der Waals surface area contributed by atoms with Crippen LogP contribution in [0.15, 0.2) is 30.6 Å². The van der Waals surface area contributed by atoms with Crippen molar-refractivity contribution in [2.24, 2.45) is 5.73 Å². The first-order valence-electron chi connectivity index (χ1n) is 9.66. The van der Waals surface area contributed by atoms with E-state index in [1.54, 1.807) is 4.90 Å². The second-order valence-electron chi connectivity index (χ2n) is 7.26. The van der Waals surface area contributed by atoms with Crippen molar-refractivity contribution in [2.45, 2.75) is 32.0 Å². The number of fused-ring (bicyclic) bond motifs is 1. The molecular weight excluding hydrogens is 391 g/mol. The van der Waals surface area contributed by atoms with Crippen LogP contribution < -0.4 is 16.0 Å². The number of piperidine rings is 1. The van der Waals surface area contributed by atoms with Gasteiger partial charge in [0.1, 0.15) is 18.2 Å². The zero-order valence-electron chi connectivity index (χ0n) is 16.2. The molecule has 1 fully saturated rings. The number of carbonyl (C=O) groups is 3. The van der Waals surface area contributed by atoms with Gasteiger partial charge < -0.3 is 15.5 Å². The number of nitrogens with zero attached hydrogens (tertiary/aromatic N) is 4. The molecular formula is C20H21FN6O3. The molecule has 9 nitrogen and oxygen atoms in total. The Morgan fingerprint density at radius 1 is 1.27 bits per heavy atom. The van der Waals surface area contributed by atoms with E-state index in [-0.39, 0.29) is 18.2 Å². The number of rotatable bonds is 6. The van der Waals surface area contributed by atoms with Gasteiger partial charge in [-0.05, 0) is 17.5 Å². The van der Waals surface area contributed by atoms with E-state index in [0.717, 1.165) is 17.5 Å². The third kappa shape index (κ3) is 3.73. The van der Waals surface area contributed by atoms with E-state index >= 15 is 0 Å². The lowest BCUT2D eigenvalue weighted by atomic mass is 10.0. The number of anilines is 1. The molecule has 1 unspecified atom stereocenters. The zero-order valence-corrected chi connectivity index (χ0v) is 16.2. The number of benzene rings is 1. The Kier molecular flexibility index (Phi) is 5.40. The van der Waals surface area contributed by atoms with Gasteiger partial charge in [0, 0.05) is 44.2 Å². The Labute approximate surface area is 172 Å². The molecule has 10 heteroatoms. The first kappa shape index (κ1) is 19.9. The van der Waals surface area contributed by atoms with Crippen molar-refractivity contribution in [1.82, 2.24) is 20.2 Å². The van der Waals surface area contributed by atoms with E-state index in [0.29, 0.717) is 44.0 Å². The van der Waals surface area contributed by atoms with Gasteiger partial charge in [-0.25, -0.2) is 9.97 Å². The van der Waals surface area contributed by atoms with E-state index in [4.69, 9.17) is 5.73 Å². The van der Waals surface area contributed by atoms with Crippen LogP contribution in [-0.2, 0) is 22.7 Å². The van der Waals surface area contributed by atoms with Gasteiger partial charge in [-0.1, -0.05) is 18.2 Å². The van der Waals surface area contributed by atoms with Crippen LogP contribution in [0.1, 0.15) is 34.3 Å². The summed E-state index contributed by atoms with van der Waals surface area (Å²) in [7, 11) is 0. The van der Waals surface area contributed by atoms with Gasteiger partial charge in [0.05, 0.1) is 0 Å². The van der Waals surface area contributed by atoms with E-state index < -0.39 is 17.9 Å². The maximum Gasteiger partial charge on any atom is 0.255 e. The average Bonchev–Trinajstić information content (AvgIpc) is 3.05. The summed E-state index contributed by atoms with van der Waals surface area (Å²) < 4.78 is 13.6. The summed E-state index contributed by atoms with van der Waals surface area (Å²) in [6.07, 6.45) is 1.64. The smallest absolute Gasteiger partial charge is 0.255 e. The first-order chi connectivity index (χ1) is 14.5. The molecule has 0 bridgehead atoms. The molecule has 0 saturated carbocycles. The number of imide groups is 1. The van der Waals surface area contributed by atoms with Crippen LogP contribution >= 0.6 is 0 Å². The summed E-state index contributed by atoms with van der Waals surface area (Å²) in [6.45, 7) is 1.32. The van der Waals surface area contributed by atoms with Gasteiger partial charge in [0.15, 0.2) is 0 Å². The lowest BCUT2D eigenvalue weighted by molar-refractivity contribution is -0.136. The number of halogens is 1. The van der Waals surface area contributed by atoms with E-state index in [1.165, 1.54) is 11.0 Å². The fourth-order valence-corrected chi connectivity index (χ4v) is 3.95. The lowest BCUT2D eigenvalue weighted by Crippen LogP contribution is -2.52. The highest BCUT2D eigenvalue weighted by Crippen LogP contribution is 2.31. The van der Waals surface area contributed by atoms with Crippen LogP contribution in [-0.4, -0.2) is 51.7 Å². The minimum atomic E-state index is -0.674.